The minimum Gasteiger partial charge on any atom is -0.294 e. The summed E-state index contributed by atoms with van der Waals surface area (Å²) in [7, 11) is 0. The number of Topliss-reactive ketones (excluding diaryl/α,β-unsaturated/α-hetero) is 1. The molecular weight excluding hydrogens is 319 g/mol. The van der Waals surface area contributed by atoms with E-state index in [4.69, 9.17) is 11.6 Å². The van der Waals surface area contributed by atoms with Crippen molar-refractivity contribution in [2.24, 2.45) is 0 Å². The van der Waals surface area contributed by atoms with Crippen molar-refractivity contribution < 1.29 is 4.79 Å². The Kier molecular flexibility index (Phi) is 4.42. The van der Waals surface area contributed by atoms with Crippen molar-refractivity contribution >= 4 is 49.2 Å². The van der Waals surface area contributed by atoms with E-state index in [1.54, 1.807) is 18.2 Å². The van der Waals surface area contributed by atoms with Crippen LogP contribution in [0.1, 0.15) is 16.8 Å². The molecule has 1 aromatic carbocycles. The highest BCUT2D eigenvalue weighted by atomic mass is 79.9. The molecule has 0 N–H and O–H groups in total. The Labute approximate surface area is 98.7 Å². The molecule has 0 aliphatic carbocycles. The molecule has 0 aliphatic rings. The van der Waals surface area contributed by atoms with E-state index < -0.39 is 0 Å². The van der Waals surface area contributed by atoms with Gasteiger partial charge in [-0.3, -0.25) is 4.79 Å². The maximum Gasteiger partial charge on any atom is 0.163 e. The van der Waals surface area contributed by atoms with Crippen molar-refractivity contribution in [1.82, 2.24) is 0 Å². The fourth-order valence-corrected chi connectivity index (χ4v) is 2.17. The molecule has 1 rings (SSSR count). The quantitative estimate of drug-likeness (QED) is 0.604. The van der Waals surface area contributed by atoms with E-state index in [0.29, 0.717) is 22.3 Å². The molecule has 70 valence electrons. The van der Waals surface area contributed by atoms with Gasteiger partial charge < -0.3 is 0 Å². The highest BCUT2D eigenvalue weighted by Gasteiger charge is 2.06. The zero-order valence-corrected chi connectivity index (χ0v) is 10.6. The number of hydrogen-bond donors (Lipinski definition) is 0. The molecule has 0 saturated heterocycles. The molecule has 0 fully saturated rings. The number of ketones is 1. The second-order valence-corrected chi connectivity index (χ2v) is 4.67. The van der Waals surface area contributed by atoms with Gasteiger partial charge in [-0.05, 0) is 18.2 Å². The molecule has 0 saturated carbocycles. The average Bonchev–Trinajstić information content (AvgIpc) is 2.03. The Morgan fingerprint density at radius 1 is 1.38 bits per heavy atom. The molecule has 4 heteroatoms. The van der Waals surface area contributed by atoms with Gasteiger partial charge in [0.25, 0.3) is 0 Å². The van der Waals surface area contributed by atoms with Crippen LogP contribution in [0.15, 0.2) is 22.7 Å². The molecule has 0 amide bonds. The van der Waals surface area contributed by atoms with Crippen LogP contribution in [0.3, 0.4) is 0 Å². The smallest absolute Gasteiger partial charge is 0.163 e. The van der Waals surface area contributed by atoms with Crippen molar-refractivity contribution in [3.8, 4) is 0 Å². The van der Waals surface area contributed by atoms with Gasteiger partial charge in [0.1, 0.15) is 0 Å². The lowest BCUT2D eigenvalue weighted by atomic mass is 10.1. The van der Waals surface area contributed by atoms with Gasteiger partial charge in [-0.25, -0.2) is 0 Å². The largest absolute Gasteiger partial charge is 0.294 e. The molecule has 1 aromatic rings. The van der Waals surface area contributed by atoms with Crippen molar-refractivity contribution in [2.75, 3.05) is 5.33 Å². The van der Waals surface area contributed by atoms with Gasteiger partial charge in [0.15, 0.2) is 5.78 Å². The standard InChI is InChI=1S/C9H7Br2ClO/c10-2-1-9(13)6-3-7(11)5-8(12)4-6/h3-5H,1-2H2. The Hall–Kier alpha value is 0.140. The number of carbonyl (C=O) groups is 1. The fourth-order valence-electron chi connectivity index (χ4n) is 0.945. The lowest BCUT2D eigenvalue weighted by Gasteiger charge is -2.00. The van der Waals surface area contributed by atoms with E-state index in [0.717, 1.165) is 4.47 Å². The Balaban J connectivity index is 2.94. The molecule has 0 atom stereocenters. The monoisotopic (exact) mass is 324 g/mol. The minimum atomic E-state index is 0.0973. The molecule has 0 heterocycles. The van der Waals surface area contributed by atoms with Gasteiger partial charge in [0.05, 0.1) is 0 Å². The summed E-state index contributed by atoms with van der Waals surface area (Å²) in [6.07, 6.45) is 0.493. The van der Waals surface area contributed by atoms with Crippen LogP contribution in [0, 0.1) is 0 Å². The van der Waals surface area contributed by atoms with Crippen LogP contribution < -0.4 is 0 Å². The molecule has 0 spiro atoms. The lowest BCUT2D eigenvalue weighted by molar-refractivity contribution is 0.0990. The van der Waals surface area contributed by atoms with Crippen LogP contribution in [-0.4, -0.2) is 11.1 Å². The maximum atomic E-state index is 11.4. The number of alkyl halides is 1. The van der Waals surface area contributed by atoms with E-state index in [-0.39, 0.29) is 5.78 Å². The van der Waals surface area contributed by atoms with Crippen molar-refractivity contribution in [3.63, 3.8) is 0 Å². The van der Waals surface area contributed by atoms with Crippen molar-refractivity contribution in [1.29, 1.82) is 0 Å². The maximum absolute atomic E-state index is 11.4. The van der Waals surface area contributed by atoms with Gasteiger partial charge >= 0.3 is 0 Å². The van der Waals surface area contributed by atoms with Crippen molar-refractivity contribution in [3.05, 3.63) is 33.3 Å². The summed E-state index contributed by atoms with van der Waals surface area (Å²) in [6.45, 7) is 0. The van der Waals surface area contributed by atoms with Crippen LogP contribution in [0.2, 0.25) is 5.02 Å². The first-order valence-electron chi connectivity index (χ1n) is 3.68. The van der Waals surface area contributed by atoms with Crippen LogP contribution in [-0.2, 0) is 0 Å². The molecule has 0 aliphatic heterocycles. The highest BCUT2D eigenvalue weighted by Crippen LogP contribution is 2.20. The normalized spacial score (nSPS) is 10.1. The lowest BCUT2D eigenvalue weighted by Crippen LogP contribution is -1.99. The Bertz CT molecular complexity index is 305. The van der Waals surface area contributed by atoms with Crippen LogP contribution >= 0.6 is 43.5 Å². The third-order valence-corrected chi connectivity index (χ3v) is 2.58. The van der Waals surface area contributed by atoms with E-state index in [2.05, 4.69) is 31.9 Å². The third-order valence-electron chi connectivity index (χ3n) is 1.51. The fraction of sp³-hybridized carbons (Fsp3) is 0.222. The Morgan fingerprint density at radius 3 is 2.62 bits per heavy atom. The predicted molar refractivity (Wildman–Crippen MR) is 61.9 cm³/mol. The van der Waals surface area contributed by atoms with Gasteiger partial charge in [-0.1, -0.05) is 43.5 Å². The van der Waals surface area contributed by atoms with E-state index in [9.17, 15) is 4.79 Å². The predicted octanol–water partition coefficient (Wildman–Crippen LogP) is 4.07. The summed E-state index contributed by atoms with van der Waals surface area (Å²) in [5.41, 5.74) is 0.652. The van der Waals surface area contributed by atoms with Gasteiger partial charge in [0, 0.05) is 26.8 Å². The topological polar surface area (TPSA) is 17.1 Å². The zero-order chi connectivity index (χ0) is 9.84. The van der Waals surface area contributed by atoms with Crippen LogP contribution in [0.25, 0.3) is 0 Å². The van der Waals surface area contributed by atoms with E-state index >= 15 is 0 Å². The van der Waals surface area contributed by atoms with Crippen LogP contribution in [0.4, 0.5) is 0 Å². The number of rotatable bonds is 3. The summed E-state index contributed by atoms with van der Waals surface area (Å²) in [6, 6.07) is 5.21. The zero-order valence-electron chi connectivity index (χ0n) is 6.69. The number of halogens is 3. The molecule has 0 bridgehead atoms. The first-order chi connectivity index (χ1) is 6.13. The van der Waals surface area contributed by atoms with Gasteiger partial charge in [-0.15, -0.1) is 0 Å². The summed E-state index contributed by atoms with van der Waals surface area (Å²) in [4.78, 5) is 11.4. The average molecular weight is 326 g/mol. The van der Waals surface area contributed by atoms with E-state index in [1.165, 1.54) is 0 Å². The number of hydrogen-bond acceptors (Lipinski definition) is 1. The van der Waals surface area contributed by atoms with E-state index in [1.807, 2.05) is 0 Å². The van der Waals surface area contributed by atoms with Crippen LogP contribution in [0.5, 0.6) is 0 Å². The van der Waals surface area contributed by atoms with Crippen molar-refractivity contribution in [2.45, 2.75) is 6.42 Å². The second kappa shape index (κ2) is 5.13. The Morgan fingerprint density at radius 2 is 2.08 bits per heavy atom. The summed E-state index contributed by atoms with van der Waals surface area (Å²) in [5, 5.41) is 1.25. The SMILES string of the molecule is O=C(CCBr)c1cc(Cl)cc(Br)c1. The first kappa shape index (κ1) is 11.2. The van der Waals surface area contributed by atoms with Gasteiger partial charge in [0.2, 0.25) is 0 Å². The summed E-state index contributed by atoms with van der Waals surface area (Å²) < 4.78 is 0.831. The highest BCUT2D eigenvalue weighted by molar-refractivity contribution is 9.10. The molecule has 0 unspecified atom stereocenters. The third kappa shape index (κ3) is 3.41. The molecule has 0 radical (unpaired) electrons. The second-order valence-electron chi connectivity index (χ2n) is 2.52. The summed E-state index contributed by atoms with van der Waals surface area (Å²) >= 11 is 12.3. The van der Waals surface area contributed by atoms with Gasteiger partial charge in [-0.2, -0.15) is 0 Å². The molecular formula is C9H7Br2ClO. The molecule has 1 nitrogen and oxygen atoms in total. The first-order valence-corrected chi connectivity index (χ1v) is 5.98. The number of benzene rings is 1. The number of carbonyl (C=O) groups excluding carboxylic acids is 1. The molecule has 0 aromatic heterocycles. The summed E-state index contributed by atoms with van der Waals surface area (Å²) in [5.74, 6) is 0.0973. The minimum absolute atomic E-state index is 0.0973. The molecule has 13 heavy (non-hydrogen) atoms.